The molecule has 6 heteroatoms. The molecule has 0 aromatic carbocycles. The average molecular weight is 336 g/mol. The molecule has 134 valence electrons. The van der Waals surface area contributed by atoms with Crippen molar-refractivity contribution in [3.05, 3.63) is 0 Å². The highest BCUT2D eigenvalue weighted by Gasteiger charge is 2.60. The van der Waals surface area contributed by atoms with Gasteiger partial charge in [-0.2, -0.15) is 0 Å². The van der Waals surface area contributed by atoms with Gasteiger partial charge in [-0.05, 0) is 31.6 Å². The highest BCUT2D eigenvalue weighted by atomic mass is 16.5. The number of carbonyl (C=O) groups is 2. The minimum atomic E-state index is -0.731. The molecule has 2 N–H and O–H groups in total. The van der Waals surface area contributed by atoms with Crippen LogP contribution in [0.25, 0.3) is 0 Å². The number of carbonyl (C=O) groups excluding carboxylic acids is 1. The number of carboxylic acids is 1. The van der Waals surface area contributed by atoms with E-state index in [0.29, 0.717) is 25.4 Å². The van der Waals surface area contributed by atoms with E-state index in [-0.39, 0.29) is 29.5 Å². The number of carboxylic acid groups (broad SMARTS) is 1. The molecular weight excluding hydrogens is 308 g/mol. The van der Waals surface area contributed by atoms with Gasteiger partial charge in [0.05, 0.1) is 11.5 Å². The minimum Gasteiger partial charge on any atom is -0.481 e. The normalized spacial score (nSPS) is 42.8. The van der Waals surface area contributed by atoms with Gasteiger partial charge >= 0.3 is 12.0 Å². The number of fused-ring (bicyclic) bond motifs is 2. The van der Waals surface area contributed by atoms with Crippen LogP contribution in [0.15, 0.2) is 0 Å². The van der Waals surface area contributed by atoms with Gasteiger partial charge in [-0.3, -0.25) is 4.79 Å². The molecule has 24 heavy (non-hydrogen) atoms. The molecule has 0 bridgehead atoms. The third kappa shape index (κ3) is 2.11. The molecule has 5 atom stereocenters. The molecule has 4 rings (SSSR count). The monoisotopic (exact) mass is 336 g/mol. The van der Waals surface area contributed by atoms with Crippen LogP contribution in [0.2, 0.25) is 0 Å². The second-order valence-corrected chi connectivity index (χ2v) is 8.78. The Hall–Kier alpha value is -1.30. The molecule has 2 saturated heterocycles. The molecule has 3 unspecified atom stereocenters. The van der Waals surface area contributed by atoms with Gasteiger partial charge in [0, 0.05) is 37.1 Å². The zero-order chi connectivity index (χ0) is 17.1. The van der Waals surface area contributed by atoms with Crippen LogP contribution < -0.4 is 5.32 Å². The average Bonchev–Trinajstić information content (AvgIpc) is 3.10. The number of nitrogens with one attached hydrogen (secondary N) is 1. The Bertz CT molecular complexity index is 563. The summed E-state index contributed by atoms with van der Waals surface area (Å²) in [5, 5.41) is 12.9. The Morgan fingerprint density at radius 2 is 2.04 bits per heavy atom. The number of urea groups is 1. The number of rotatable bonds is 2. The predicted molar refractivity (Wildman–Crippen MR) is 87.5 cm³/mol. The van der Waals surface area contributed by atoms with Crippen molar-refractivity contribution in [2.45, 2.75) is 58.1 Å². The third-order valence-electron chi connectivity index (χ3n) is 7.19. The fourth-order valence-electron chi connectivity index (χ4n) is 5.83. The van der Waals surface area contributed by atoms with Crippen LogP contribution in [0.3, 0.4) is 0 Å². The quantitative estimate of drug-likeness (QED) is 0.809. The van der Waals surface area contributed by atoms with Crippen molar-refractivity contribution in [1.29, 1.82) is 0 Å². The summed E-state index contributed by atoms with van der Waals surface area (Å²) in [4.78, 5) is 26.3. The lowest BCUT2D eigenvalue weighted by Crippen LogP contribution is -2.70. The van der Waals surface area contributed by atoms with Crippen LogP contribution in [0.5, 0.6) is 0 Å². The van der Waals surface area contributed by atoms with Gasteiger partial charge in [0.2, 0.25) is 0 Å². The van der Waals surface area contributed by atoms with E-state index in [9.17, 15) is 14.7 Å². The van der Waals surface area contributed by atoms with E-state index < -0.39 is 11.4 Å². The van der Waals surface area contributed by atoms with Crippen LogP contribution in [0, 0.1) is 22.7 Å². The minimum absolute atomic E-state index is 0.0547. The fraction of sp³-hybridized carbons (Fsp3) is 0.889. The first-order chi connectivity index (χ1) is 11.4. The van der Waals surface area contributed by atoms with Crippen molar-refractivity contribution in [1.82, 2.24) is 10.2 Å². The molecule has 4 aliphatic rings. The molecular formula is C18H28N2O4. The Morgan fingerprint density at radius 3 is 2.75 bits per heavy atom. The summed E-state index contributed by atoms with van der Waals surface area (Å²) in [5.41, 5.74) is -0.760. The van der Waals surface area contributed by atoms with E-state index in [1.807, 2.05) is 0 Å². The second-order valence-electron chi connectivity index (χ2n) is 8.78. The summed E-state index contributed by atoms with van der Waals surface area (Å²) >= 11 is 0. The van der Waals surface area contributed by atoms with Crippen LogP contribution in [-0.2, 0) is 9.53 Å². The number of likely N-dealkylation sites (tertiary alicyclic amines) is 1. The summed E-state index contributed by atoms with van der Waals surface area (Å²) in [6.45, 7) is 6.07. The van der Waals surface area contributed by atoms with Gasteiger partial charge in [0.1, 0.15) is 0 Å². The SMILES string of the molecule is CC1(C)C(NC(=O)N2C[C@@H]3CCC[C@@]3(C(=O)O)C2)C2CCCOC21. The lowest BCUT2D eigenvalue weighted by Gasteiger charge is -2.60. The first-order valence-corrected chi connectivity index (χ1v) is 9.27. The van der Waals surface area contributed by atoms with Gasteiger partial charge in [-0.1, -0.05) is 20.3 Å². The van der Waals surface area contributed by atoms with Crippen molar-refractivity contribution < 1.29 is 19.4 Å². The smallest absolute Gasteiger partial charge is 0.317 e. The summed E-state index contributed by atoms with van der Waals surface area (Å²) in [6.07, 6.45) is 4.97. The predicted octanol–water partition coefficient (Wildman–Crippen LogP) is 2.09. The Kier molecular flexibility index (Phi) is 3.61. The van der Waals surface area contributed by atoms with Gasteiger partial charge in [-0.15, -0.1) is 0 Å². The Morgan fingerprint density at radius 1 is 1.25 bits per heavy atom. The summed E-state index contributed by atoms with van der Waals surface area (Å²) in [6, 6.07) is 0.0312. The molecule has 2 aliphatic heterocycles. The van der Waals surface area contributed by atoms with Crippen LogP contribution in [0.4, 0.5) is 4.79 Å². The van der Waals surface area contributed by atoms with E-state index in [0.717, 1.165) is 32.3 Å². The number of nitrogens with zero attached hydrogens (tertiary/aromatic N) is 1. The van der Waals surface area contributed by atoms with Gasteiger partial charge in [-0.25, -0.2) is 4.79 Å². The first kappa shape index (κ1) is 16.2. The highest BCUT2D eigenvalue weighted by Crippen LogP contribution is 2.52. The second kappa shape index (κ2) is 5.35. The standard InChI is InChI=1S/C18H28N2O4/c1-17(2)13(12-6-4-8-24-14(12)17)19-16(23)20-9-11-5-3-7-18(11,10-20)15(21)22/h11-14H,3-10H2,1-2H3,(H,19,23)(H,21,22)/t11-,12?,13?,14?,18+/m0/s1. The van der Waals surface area contributed by atoms with Gasteiger partial charge in [0.25, 0.3) is 0 Å². The topological polar surface area (TPSA) is 78.9 Å². The number of ether oxygens (including phenoxy) is 1. The van der Waals surface area contributed by atoms with E-state index in [2.05, 4.69) is 19.2 Å². The zero-order valence-corrected chi connectivity index (χ0v) is 14.6. The lowest BCUT2D eigenvalue weighted by molar-refractivity contribution is -0.189. The molecule has 2 saturated carbocycles. The van der Waals surface area contributed by atoms with E-state index in [1.165, 1.54) is 0 Å². The largest absolute Gasteiger partial charge is 0.481 e. The molecule has 0 aromatic rings. The zero-order valence-electron chi connectivity index (χ0n) is 14.6. The molecule has 4 fully saturated rings. The number of amides is 2. The maximum atomic E-state index is 12.8. The maximum absolute atomic E-state index is 12.8. The van der Waals surface area contributed by atoms with Crippen molar-refractivity contribution in [2.24, 2.45) is 22.7 Å². The van der Waals surface area contributed by atoms with Crippen molar-refractivity contribution in [3.63, 3.8) is 0 Å². The van der Waals surface area contributed by atoms with Crippen LogP contribution in [-0.4, -0.2) is 53.8 Å². The van der Waals surface area contributed by atoms with E-state index >= 15 is 0 Å². The molecule has 2 aliphatic carbocycles. The van der Waals surface area contributed by atoms with Gasteiger partial charge < -0.3 is 20.1 Å². The van der Waals surface area contributed by atoms with Crippen molar-refractivity contribution >= 4 is 12.0 Å². The summed E-state index contributed by atoms with van der Waals surface area (Å²) < 4.78 is 5.89. The fourth-order valence-corrected chi connectivity index (χ4v) is 5.83. The van der Waals surface area contributed by atoms with Crippen molar-refractivity contribution in [2.75, 3.05) is 19.7 Å². The first-order valence-electron chi connectivity index (χ1n) is 9.27. The molecule has 0 spiro atoms. The summed E-state index contributed by atoms with van der Waals surface area (Å²) in [7, 11) is 0. The van der Waals surface area contributed by atoms with E-state index in [1.54, 1.807) is 4.90 Å². The lowest BCUT2D eigenvalue weighted by atomic mass is 9.55. The number of aliphatic carboxylic acids is 1. The number of hydrogen-bond donors (Lipinski definition) is 2. The molecule has 2 amide bonds. The van der Waals surface area contributed by atoms with Gasteiger partial charge in [0.15, 0.2) is 0 Å². The van der Waals surface area contributed by atoms with Crippen LogP contribution in [0.1, 0.15) is 46.0 Å². The van der Waals surface area contributed by atoms with Crippen LogP contribution >= 0.6 is 0 Å². The Balaban J connectivity index is 1.43. The van der Waals surface area contributed by atoms with Crippen molar-refractivity contribution in [3.8, 4) is 0 Å². The maximum Gasteiger partial charge on any atom is 0.317 e. The number of hydrogen-bond acceptors (Lipinski definition) is 3. The highest BCUT2D eigenvalue weighted by molar-refractivity contribution is 5.81. The summed E-state index contributed by atoms with van der Waals surface area (Å²) in [5.74, 6) is -0.223. The molecule has 0 aromatic heterocycles. The third-order valence-corrected chi connectivity index (χ3v) is 7.19. The molecule has 2 heterocycles. The molecule has 6 nitrogen and oxygen atoms in total. The Labute approximate surface area is 142 Å². The van der Waals surface area contributed by atoms with E-state index in [4.69, 9.17) is 4.74 Å². The molecule has 0 radical (unpaired) electrons.